The Hall–Kier alpha value is -4.06. The first-order valence-electron chi connectivity index (χ1n) is 10.5. The molecule has 0 aromatic heterocycles. The minimum absolute atomic E-state index is 0.0802. The second-order valence-corrected chi connectivity index (χ2v) is 7.58. The van der Waals surface area contributed by atoms with E-state index in [1.54, 1.807) is 19.2 Å². The molecule has 1 N–H and O–H groups in total. The molecule has 0 bridgehead atoms. The summed E-state index contributed by atoms with van der Waals surface area (Å²) in [5.41, 5.74) is 4.80. The SMILES string of the molecule is COc1cccc(C2Oc3cccc(OC(F)F)c3-c3ccc(Nc4ccccc4)cc32)c1. The quantitative estimate of drug-likeness (QED) is 0.341. The number of halogens is 2. The average molecular weight is 445 g/mol. The predicted octanol–water partition coefficient (Wildman–Crippen LogP) is 7.19. The molecule has 1 aliphatic heterocycles. The van der Waals surface area contributed by atoms with Crippen LogP contribution >= 0.6 is 0 Å². The highest BCUT2D eigenvalue weighted by atomic mass is 19.3. The molecule has 0 spiro atoms. The van der Waals surface area contributed by atoms with Crippen molar-refractivity contribution in [3.05, 3.63) is 102 Å². The summed E-state index contributed by atoms with van der Waals surface area (Å²) in [6, 6.07) is 28.2. The van der Waals surface area contributed by atoms with Crippen molar-refractivity contribution in [2.24, 2.45) is 0 Å². The van der Waals surface area contributed by atoms with Crippen molar-refractivity contribution < 1.29 is 23.0 Å². The van der Waals surface area contributed by atoms with E-state index in [2.05, 4.69) is 5.32 Å². The van der Waals surface area contributed by atoms with Crippen molar-refractivity contribution in [2.75, 3.05) is 12.4 Å². The maximum Gasteiger partial charge on any atom is 0.387 e. The zero-order valence-corrected chi connectivity index (χ0v) is 17.8. The van der Waals surface area contributed by atoms with Crippen LogP contribution in [0.5, 0.6) is 17.2 Å². The normalized spacial score (nSPS) is 14.1. The van der Waals surface area contributed by atoms with Crippen LogP contribution in [0.4, 0.5) is 20.2 Å². The molecule has 166 valence electrons. The molecule has 4 nitrogen and oxygen atoms in total. The van der Waals surface area contributed by atoms with E-state index in [9.17, 15) is 8.78 Å². The first-order valence-corrected chi connectivity index (χ1v) is 10.5. The smallest absolute Gasteiger partial charge is 0.387 e. The molecule has 0 radical (unpaired) electrons. The Bertz CT molecular complexity index is 1280. The van der Waals surface area contributed by atoms with Gasteiger partial charge in [0.25, 0.3) is 0 Å². The topological polar surface area (TPSA) is 39.7 Å². The number of benzene rings is 4. The third-order valence-corrected chi connectivity index (χ3v) is 5.51. The van der Waals surface area contributed by atoms with Gasteiger partial charge in [0, 0.05) is 22.5 Å². The molecule has 0 saturated carbocycles. The third-order valence-electron chi connectivity index (χ3n) is 5.51. The van der Waals surface area contributed by atoms with Crippen LogP contribution in [0.1, 0.15) is 17.2 Å². The lowest BCUT2D eigenvalue weighted by atomic mass is 9.88. The maximum absolute atomic E-state index is 13.1. The van der Waals surface area contributed by atoms with E-state index in [0.717, 1.165) is 28.1 Å². The largest absolute Gasteiger partial charge is 0.497 e. The van der Waals surface area contributed by atoms with Gasteiger partial charge in [0.2, 0.25) is 0 Å². The Morgan fingerprint density at radius 1 is 0.848 bits per heavy atom. The second-order valence-electron chi connectivity index (χ2n) is 7.58. The predicted molar refractivity (Wildman–Crippen MR) is 124 cm³/mol. The molecule has 1 unspecified atom stereocenters. The van der Waals surface area contributed by atoms with E-state index in [1.807, 2.05) is 72.8 Å². The average Bonchev–Trinajstić information content (AvgIpc) is 2.84. The lowest BCUT2D eigenvalue weighted by Crippen LogP contribution is -2.17. The first kappa shape index (κ1) is 20.8. The molecule has 6 heteroatoms. The van der Waals surface area contributed by atoms with Crippen LogP contribution in [0.3, 0.4) is 0 Å². The van der Waals surface area contributed by atoms with Crippen LogP contribution in [-0.2, 0) is 0 Å². The van der Waals surface area contributed by atoms with Gasteiger partial charge >= 0.3 is 6.61 Å². The number of hydrogen-bond donors (Lipinski definition) is 1. The Kier molecular flexibility index (Phi) is 5.57. The first-order chi connectivity index (χ1) is 16.1. The monoisotopic (exact) mass is 445 g/mol. The highest BCUT2D eigenvalue weighted by molar-refractivity contribution is 5.83. The molecule has 0 saturated heterocycles. The zero-order chi connectivity index (χ0) is 22.8. The van der Waals surface area contributed by atoms with E-state index in [-0.39, 0.29) is 5.75 Å². The summed E-state index contributed by atoms with van der Waals surface area (Å²) in [5, 5.41) is 3.39. The number of para-hydroxylation sites is 1. The number of anilines is 2. The van der Waals surface area contributed by atoms with Gasteiger partial charge in [-0.05, 0) is 54.1 Å². The summed E-state index contributed by atoms with van der Waals surface area (Å²) >= 11 is 0. The number of fused-ring (bicyclic) bond motifs is 3. The number of hydrogen-bond acceptors (Lipinski definition) is 4. The lowest BCUT2D eigenvalue weighted by molar-refractivity contribution is -0.0496. The molecule has 4 aromatic carbocycles. The van der Waals surface area contributed by atoms with Gasteiger partial charge in [-0.1, -0.05) is 42.5 Å². The Balaban J connectivity index is 1.65. The van der Waals surface area contributed by atoms with Crippen LogP contribution in [0.15, 0.2) is 91.0 Å². The van der Waals surface area contributed by atoms with Crippen molar-refractivity contribution >= 4 is 11.4 Å². The summed E-state index contributed by atoms with van der Waals surface area (Å²) in [4.78, 5) is 0. The van der Waals surface area contributed by atoms with Crippen LogP contribution < -0.4 is 19.5 Å². The van der Waals surface area contributed by atoms with Gasteiger partial charge in [0.15, 0.2) is 0 Å². The summed E-state index contributed by atoms with van der Waals surface area (Å²) in [5.74, 6) is 1.27. The molecule has 33 heavy (non-hydrogen) atoms. The fourth-order valence-corrected chi connectivity index (χ4v) is 4.08. The maximum atomic E-state index is 13.1. The fraction of sp³-hybridized carbons (Fsp3) is 0.111. The summed E-state index contributed by atoms with van der Waals surface area (Å²) in [7, 11) is 1.61. The van der Waals surface area contributed by atoms with Crippen molar-refractivity contribution in [2.45, 2.75) is 12.7 Å². The van der Waals surface area contributed by atoms with Gasteiger partial charge in [-0.15, -0.1) is 0 Å². The second kappa shape index (κ2) is 8.82. The number of rotatable bonds is 6. The molecular formula is C27H21F2NO3. The fourth-order valence-electron chi connectivity index (χ4n) is 4.08. The van der Waals surface area contributed by atoms with Crippen molar-refractivity contribution in [1.29, 1.82) is 0 Å². The number of ether oxygens (including phenoxy) is 3. The van der Waals surface area contributed by atoms with Gasteiger partial charge in [-0.25, -0.2) is 0 Å². The summed E-state index contributed by atoms with van der Waals surface area (Å²) < 4.78 is 42.8. The molecule has 4 aromatic rings. The molecule has 0 amide bonds. The number of methoxy groups -OCH3 is 1. The van der Waals surface area contributed by atoms with Crippen LogP contribution in [0, 0.1) is 0 Å². The minimum atomic E-state index is -2.94. The van der Waals surface area contributed by atoms with Gasteiger partial charge < -0.3 is 19.5 Å². The number of nitrogens with one attached hydrogen (secondary N) is 1. The minimum Gasteiger partial charge on any atom is -0.497 e. The highest BCUT2D eigenvalue weighted by Gasteiger charge is 2.31. The van der Waals surface area contributed by atoms with Gasteiger partial charge in [0.05, 0.1) is 12.7 Å². The van der Waals surface area contributed by atoms with Crippen molar-refractivity contribution in [3.63, 3.8) is 0 Å². The van der Waals surface area contributed by atoms with Gasteiger partial charge in [-0.2, -0.15) is 8.78 Å². The van der Waals surface area contributed by atoms with E-state index in [1.165, 1.54) is 6.07 Å². The highest BCUT2D eigenvalue weighted by Crippen LogP contribution is 2.50. The van der Waals surface area contributed by atoms with Gasteiger partial charge in [-0.3, -0.25) is 0 Å². The van der Waals surface area contributed by atoms with E-state index >= 15 is 0 Å². The standard InChI is InChI=1S/C27H21F2NO3/c1-31-20-10-5-7-17(15-20)26-22-16-19(30-18-8-3-2-4-9-18)13-14-21(22)25-23(32-26)11-6-12-24(25)33-27(28)29/h2-16,26-27,30H,1H3. The van der Waals surface area contributed by atoms with E-state index in [4.69, 9.17) is 14.2 Å². The molecule has 1 heterocycles. The molecule has 1 atom stereocenters. The summed E-state index contributed by atoms with van der Waals surface area (Å²) in [6.45, 7) is -2.94. The molecule has 0 fully saturated rings. The third kappa shape index (κ3) is 4.20. The van der Waals surface area contributed by atoms with Crippen LogP contribution in [-0.4, -0.2) is 13.7 Å². The van der Waals surface area contributed by atoms with Crippen LogP contribution in [0.2, 0.25) is 0 Å². The Labute approximate surface area is 190 Å². The molecule has 1 aliphatic rings. The Morgan fingerprint density at radius 3 is 2.45 bits per heavy atom. The van der Waals surface area contributed by atoms with E-state index < -0.39 is 12.7 Å². The molecule has 5 rings (SSSR count). The molecular weight excluding hydrogens is 424 g/mol. The Morgan fingerprint density at radius 2 is 1.67 bits per heavy atom. The molecule has 0 aliphatic carbocycles. The number of alkyl halides is 2. The van der Waals surface area contributed by atoms with Gasteiger partial charge in [0.1, 0.15) is 23.4 Å². The van der Waals surface area contributed by atoms with E-state index in [0.29, 0.717) is 17.1 Å². The van der Waals surface area contributed by atoms with Crippen molar-refractivity contribution in [1.82, 2.24) is 0 Å². The van der Waals surface area contributed by atoms with Crippen LogP contribution in [0.25, 0.3) is 11.1 Å². The van der Waals surface area contributed by atoms with Crippen molar-refractivity contribution in [3.8, 4) is 28.4 Å². The summed E-state index contributed by atoms with van der Waals surface area (Å²) in [6.07, 6.45) is -0.457. The zero-order valence-electron chi connectivity index (χ0n) is 17.8. The lowest BCUT2D eigenvalue weighted by Gasteiger charge is -2.31.